The number of hydrogen-bond acceptors (Lipinski definition) is 2. The van der Waals surface area contributed by atoms with Gasteiger partial charge in [0.1, 0.15) is 0 Å². The van der Waals surface area contributed by atoms with Crippen molar-refractivity contribution in [3.8, 4) is 0 Å². The van der Waals surface area contributed by atoms with Crippen LogP contribution in [0.5, 0.6) is 0 Å². The van der Waals surface area contributed by atoms with Gasteiger partial charge in [-0.3, -0.25) is 4.79 Å². The van der Waals surface area contributed by atoms with Gasteiger partial charge in [-0.2, -0.15) is 0 Å². The molecule has 27 heavy (non-hydrogen) atoms. The van der Waals surface area contributed by atoms with Crippen LogP contribution in [0.25, 0.3) is 10.9 Å². The number of nitrogens with zero attached hydrogens (tertiary/aromatic N) is 1. The summed E-state index contributed by atoms with van der Waals surface area (Å²) in [5, 5.41) is 4.51. The fraction of sp³-hybridized carbons (Fsp3) is 0.348. The monoisotopic (exact) mass is 363 g/mol. The minimum atomic E-state index is 0.152. The number of aromatic amines is 1. The fourth-order valence-corrected chi connectivity index (χ4v) is 3.27. The van der Waals surface area contributed by atoms with Crippen LogP contribution < -0.4 is 5.32 Å². The Morgan fingerprint density at radius 2 is 1.81 bits per heavy atom. The van der Waals surface area contributed by atoms with Crippen LogP contribution in [0, 0.1) is 5.92 Å². The first-order valence-electron chi connectivity index (χ1n) is 9.71. The fourth-order valence-electron chi connectivity index (χ4n) is 3.27. The Balaban J connectivity index is 1.67. The van der Waals surface area contributed by atoms with Crippen molar-refractivity contribution in [3.05, 3.63) is 71.9 Å². The quantitative estimate of drug-likeness (QED) is 0.604. The Hall–Kier alpha value is -2.59. The van der Waals surface area contributed by atoms with Gasteiger partial charge in [0.2, 0.25) is 5.91 Å². The summed E-state index contributed by atoms with van der Waals surface area (Å²) in [6, 6.07) is 18.5. The van der Waals surface area contributed by atoms with Gasteiger partial charge in [0, 0.05) is 30.2 Å². The molecule has 0 atom stereocenters. The number of amides is 1. The SMILES string of the molecule is CC(C)CNCC(=O)N(CCc1c[nH]c2ccccc12)Cc1ccccc1. The molecule has 142 valence electrons. The van der Waals surface area contributed by atoms with Crippen LogP contribution in [0.4, 0.5) is 0 Å². The third kappa shape index (κ3) is 5.44. The lowest BCUT2D eigenvalue weighted by Gasteiger charge is -2.23. The summed E-state index contributed by atoms with van der Waals surface area (Å²) >= 11 is 0. The summed E-state index contributed by atoms with van der Waals surface area (Å²) in [5.41, 5.74) is 3.56. The van der Waals surface area contributed by atoms with Crippen LogP contribution in [0.3, 0.4) is 0 Å². The Morgan fingerprint density at radius 3 is 2.59 bits per heavy atom. The normalized spacial score (nSPS) is 11.2. The number of rotatable bonds is 9. The van der Waals surface area contributed by atoms with E-state index in [1.807, 2.05) is 29.2 Å². The minimum Gasteiger partial charge on any atom is -0.361 e. The molecule has 0 aliphatic rings. The molecule has 3 aromatic rings. The highest BCUT2D eigenvalue weighted by Gasteiger charge is 2.15. The molecule has 4 nitrogen and oxygen atoms in total. The van der Waals surface area contributed by atoms with Gasteiger partial charge in [-0.05, 0) is 36.1 Å². The van der Waals surface area contributed by atoms with Crippen molar-refractivity contribution in [3.63, 3.8) is 0 Å². The smallest absolute Gasteiger partial charge is 0.236 e. The summed E-state index contributed by atoms with van der Waals surface area (Å²) in [6.07, 6.45) is 2.90. The molecule has 1 aromatic heterocycles. The predicted molar refractivity (Wildman–Crippen MR) is 112 cm³/mol. The Labute approximate surface area is 161 Å². The minimum absolute atomic E-state index is 0.152. The van der Waals surface area contributed by atoms with Crippen LogP contribution in [0.2, 0.25) is 0 Å². The number of H-pyrrole nitrogens is 1. The lowest BCUT2D eigenvalue weighted by Crippen LogP contribution is -2.39. The summed E-state index contributed by atoms with van der Waals surface area (Å²) < 4.78 is 0. The average molecular weight is 364 g/mol. The summed E-state index contributed by atoms with van der Waals surface area (Å²) in [4.78, 5) is 18.1. The second-order valence-corrected chi connectivity index (χ2v) is 7.44. The molecule has 3 rings (SSSR count). The summed E-state index contributed by atoms with van der Waals surface area (Å²) in [7, 11) is 0. The molecule has 0 unspecified atom stereocenters. The van der Waals surface area contributed by atoms with E-state index in [2.05, 4.69) is 60.7 Å². The second-order valence-electron chi connectivity index (χ2n) is 7.44. The molecule has 1 amide bonds. The van der Waals surface area contributed by atoms with E-state index in [0.717, 1.165) is 24.0 Å². The maximum Gasteiger partial charge on any atom is 0.236 e. The number of carbonyl (C=O) groups is 1. The zero-order valence-corrected chi connectivity index (χ0v) is 16.2. The topological polar surface area (TPSA) is 48.1 Å². The van der Waals surface area contributed by atoms with Crippen molar-refractivity contribution < 1.29 is 4.79 Å². The van der Waals surface area contributed by atoms with Crippen LogP contribution in [0.15, 0.2) is 60.8 Å². The molecule has 0 saturated heterocycles. The molecule has 1 heterocycles. The van der Waals surface area contributed by atoms with Crippen molar-refractivity contribution in [1.29, 1.82) is 0 Å². The van der Waals surface area contributed by atoms with Crippen LogP contribution in [-0.4, -0.2) is 35.4 Å². The third-order valence-corrected chi connectivity index (χ3v) is 4.72. The van der Waals surface area contributed by atoms with Gasteiger partial charge in [-0.25, -0.2) is 0 Å². The van der Waals surface area contributed by atoms with Crippen LogP contribution >= 0.6 is 0 Å². The first-order valence-corrected chi connectivity index (χ1v) is 9.71. The zero-order chi connectivity index (χ0) is 19.1. The maximum atomic E-state index is 12.8. The van der Waals surface area contributed by atoms with Crippen molar-refractivity contribution in [2.45, 2.75) is 26.8 Å². The third-order valence-electron chi connectivity index (χ3n) is 4.72. The number of fused-ring (bicyclic) bond motifs is 1. The van der Waals surface area contributed by atoms with Gasteiger partial charge in [0.15, 0.2) is 0 Å². The molecule has 0 saturated carbocycles. The molecule has 2 N–H and O–H groups in total. The van der Waals surface area contributed by atoms with Crippen LogP contribution in [0.1, 0.15) is 25.0 Å². The van der Waals surface area contributed by atoms with Gasteiger partial charge in [0.25, 0.3) is 0 Å². The van der Waals surface area contributed by atoms with E-state index < -0.39 is 0 Å². The highest BCUT2D eigenvalue weighted by molar-refractivity contribution is 5.83. The number of nitrogens with one attached hydrogen (secondary N) is 2. The predicted octanol–water partition coefficient (Wildman–Crippen LogP) is 3.98. The lowest BCUT2D eigenvalue weighted by molar-refractivity contribution is -0.130. The summed E-state index contributed by atoms with van der Waals surface area (Å²) in [6.45, 7) is 6.89. The van der Waals surface area contributed by atoms with Gasteiger partial charge >= 0.3 is 0 Å². The number of para-hydroxylation sites is 1. The lowest BCUT2D eigenvalue weighted by atomic mass is 10.1. The van der Waals surface area contributed by atoms with Crippen molar-refractivity contribution in [1.82, 2.24) is 15.2 Å². The van der Waals surface area contributed by atoms with E-state index in [4.69, 9.17) is 0 Å². The van der Waals surface area contributed by atoms with E-state index in [1.54, 1.807) is 0 Å². The van der Waals surface area contributed by atoms with E-state index in [-0.39, 0.29) is 5.91 Å². The molecule has 0 fully saturated rings. The molecule has 4 heteroatoms. The molecule has 0 aliphatic heterocycles. The number of carbonyl (C=O) groups excluding carboxylic acids is 1. The van der Waals surface area contributed by atoms with Gasteiger partial charge in [-0.1, -0.05) is 62.4 Å². The highest BCUT2D eigenvalue weighted by Crippen LogP contribution is 2.18. The molecule has 0 radical (unpaired) electrons. The molecular weight excluding hydrogens is 334 g/mol. The average Bonchev–Trinajstić information content (AvgIpc) is 3.08. The molecule has 2 aromatic carbocycles. The van der Waals surface area contributed by atoms with Crippen LogP contribution in [-0.2, 0) is 17.8 Å². The summed E-state index contributed by atoms with van der Waals surface area (Å²) in [5.74, 6) is 0.686. The Bertz CT molecular complexity index is 854. The van der Waals surface area contributed by atoms with Gasteiger partial charge < -0.3 is 15.2 Å². The number of aromatic nitrogens is 1. The number of benzene rings is 2. The van der Waals surface area contributed by atoms with Crippen molar-refractivity contribution in [2.24, 2.45) is 5.92 Å². The Morgan fingerprint density at radius 1 is 1.07 bits per heavy atom. The molecular formula is C23H29N3O. The highest BCUT2D eigenvalue weighted by atomic mass is 16.2. The van der Waals surface area contributed by atoms with E-state index in [0.29, 0.717) is 25.6 Å². The van der Waals surface area contributed by atoms with Crippen molar-refractivity contribution in [2.75, 3.05) is 19.6 Å². The van der Waals surface area contributed by atoms with Gasteiger partial charge in [-0.15, -0.1) is 0 Å². The zero-order valence-electron chi connectivity index (χ0n) is 16.2. The maximum absolute atomic E-state index is 12.8. The van der Waals surface area contributed by atoms with E-state index in [1.165, 1.54) is 10.9 Å². The largest absolute Gasteiger partial charge is 0.361 e. The first kappa shape index (κ1) is 19.2. The first-order chi connectivity index (χ1) is 13.1. The molecule has 0 spiro atoms. The van der Waals surface area contributed by atoms with E-state index in [9.17, 15) is 4.79 Å². The van der Waals surface area contributed by atoms with Gasteiger partial charge in [0.05, 0.1) is 6.54 Å². The number of hydrogen-bond donors (Lipinski definition) is 2. The second kappa shape index (κ2) is 9.38. The van der Waals surface area contributed by atoms with Crippen molar-refractivity contribution >= 4 is 16.8 Å². The standard InChI is InChI=1S/C23H29N3O/c1-18(2)14-24-16-23(27)26(17-19-8-4-3-5-9-19)13-12-20-15-25-22-11-7-6-10-21(20)22/h3-11,15,18,24-25H,12-14,16-17H2,1-2H3. The Kier molecular flexibility index (Phi) is 6.66. The molecule has 0 aliphatic carbocycles. The van der Waals surface area contributed by atoms with E-state index >= 15 is 0 Å². The molecule has 0 bridgehead atoms.